The minimum Gasteiger partial charge on any atom is -0.504 e. The van der Waals surface area contributed by atoms with Gasteiger partial charge in [-0.05, 0) is 12.1 Å². The lowest BCUT2D eigenvalue weighted by molar-refractivity contribution is -0.120. The van der Waals surface area contributed by atoms with Gasteiger partial charge in [-0.25, -0.2) is 0 Å². The molecule has 0 radical (unpaired) electrons. The summed E-state index contributed by atoms with van der Waals surface area (Å²) in [5.41, 5.74) is 0.0888. The molecule has 1 aromatic rings. The van der Waals surface area contributed by atoms with Crippen LogP contribution in [0.1, 0.15) is 24.2 Å². The van der Waals surface area contributed by atoms with Crippen molar-refractivity contribution in [3.05, 3.63) is 23.8 Å². The predicted molar refractivity (Wildman–Crippen MR) is 66.8 cm³/mol. The number of amides is 1. The Balaban J connectivity index is 2.76. The van der Waals surface area contributed by atoms with Gasteiger partial charge in [0.05, 0.1) is 19.2 Å². The van der Waals surface area contributed by atoms with Crippen LogP contribution in [0.4, 0.5) is 0 Å². The van der Waals surface area contributed by atoms with Crippen LogP contribution < -0.4 is 10.1 Å². The summed E-state index contributed by atoms with van der Waals surface area (Å²) in [6, 6.07) is 4.61. The molecule has 0 fully saturated rings. The topological polar surface area (TPSA) is 75.6 Å². The summed E-state index contributed by atoms with van der Waals surface area (Å²) >= 11 is 0. The number of ether oxygens (including phenoxy) is 1. The first-order valence-electron chi connectivity index (χ1n) is 5.64. The highest BCUT2D eigenvalue weighted by atomic mass is 16.5. The number of phenols is 1. The lowest BCUT2D eigenvalue weighted by Gasteiger charge is -2.09. The van der Waals surface area contributed by atoms with Crippen molar-refractivity contribution in [2.24, 2.45) is 5.92 Å². The predicted octanol–water partition coefficient (Wildman–Crippen LogP) is 1.36. The van der Waals surface area contributed by atoms with Crippen molar-refractivity contribution in [2.75, 3.05) is 13.7 Å². The maximum absolute atomic E-state index is 11.8. The first-order chi connectivity index (χ1) is 8.47. The Bertz CT molecular complexity index is 454. The Morgan fingerprint density at radius 2 is 2.06 bits per heavy atom. The van der Waals surface area contributed by atoms with Gasteiger partial charge in [0.25, 0.3) is 5.91 Å². The zero-order valence-electron chi connectivity index (χ0n) is 10.7. The van der Waals surface area contributed by atoms with Gasteiger partial charge in [0.2, 0.25) is 0 Å². The van der Waals surface area contributed by atoms with Gasteiger partial charge >= 0.3 is 0 Å². The van der Waals surface area contributed by atoms with Crippen molar-refractivity contribution in [3.63, 3.8) is 0 Å². The first kappa shape index (κ1) is 14.0. The molecule has 0 heterocycles. The summed E-state index contributed by atoms with van der Waals surface area (Å²) in [4.78, 5) is 23.2. The first-order valence-corrected chi connectivity index (χ1v) is 5.64. The van der Waals surface area contributed by atoms with Crippen LogP contribution in [0.15, 0.2) is 18.2 Å². The van der Waals surface area contributed by atoms with Crippen molar-refractivity contribution in [3.8, 4) is 11.5 Å². The van der Waals surface area contributed by atoms with Crippen molar-refractivity contribution in [2.45, 2.75) is 13.8 Å². The van der Waals surface area contributed by atoms with Gasteiger partial charge in [-0.3, -0.25) is 9.59 Å². The van der Waals surface area contributed by atoms with Crippen molar-refractivity contribution in [1.82, 2.24) is 5.32 Å². The molecule has 0 atom stereocenters. The van der Waals surface area contributed by atoms with E-state index in [0.29, 0.717) is 0 Å². The second kappa shape index (κ2) is 6.05. The smallest absolute Gasteiger partial charge is 0.255 e. The van der Waals surface area contributed by atoms with E-state index in [1.165, 1.54) is 13.2 Å². The van der Waals surface area contributed by atoms with E-state index < -0.39 is 5.91 Å². The van der Waals surface area contributed by atoms with E-state index in [1.54, 1.807) is 26.0 Å². The number of carbonyl (C=O) groups excluding carboxylic acids is 2. The van der Waals surface area contributed by atoms with Crippen LogP contribution in [0.25, 0.3) is 0 Å². The van der Waals surface area contributed by atoms with Crippen molar-refractivity contribution >= 4 is 11.7 Å². The molecule has 0 saturated carbocycles. The number of para-hydroxylation sites is 1. The molecule has 1 rings (SSSR count). The van der Waals surface area contributed by atoms with E-state index in [1.807, 2.05) is 0 Å². The van der Waals surface area contributed by atoms with Crippen LogP contribution in [0.5, 0.6) is 11.5 Å². The van der Waals surface area contributed by atoms with E-state index in [9.17, 15) is 14.7 Å². The number of rotatable bonds is 5. The number of aromatic hydroxyl groups is 1. The zero-order chi connectivity index (χ0) is 13.7. The molecule has 0 aliphatic carbocycles. The zero-order valence-corrected chi connectivity index (χ0v) is 10.7. The van der Waals surface area contributed by atoms with Crippen molar-refractivity contribution < 1.29 is 19.4 Å². The van der Waals surface area contributed by atoms with Gasteiger partial charge in [-0.2, -0.15) is 0 Å². The molecule has 0 spiro atoms. The minimum absolute atomic E-state index is 0.0485. The summed E-state index contributed by atoms with van der Waals surface area (Å²) in [6.07, 6.45) is 0. The molecule has 5 heteroatoms. The van der Waals surface area contributed by atoms with Crippen LogP contribution >= 0.6 is 0 Å². The largest absolute Gasteiger partial charge is 0.504 e. The molecular weight excluding hydrogens is 234 g/mol. The van der Waals surface area contributed by atoms with Gasteiger partial charge in [-0.1, -0.05) is 19.9 Å². The maximum atomic E-state index is 11.8. The highest BCUT2D eigenvalue weighted by Crippen LogP contribution is 2.29. The molecule has 1 amide bonds. The third-order valence-corrected chi connectivity index (χ3v) is 2.53. The standard InChI is InChI=1S/C13H17NO4/c1-8(2)10(15)7-14-13(17)9-5-4-6-11(18-3)12(9)16/h4-6,8,16H,7H2,1-3H3,(H,14,17). The molecule has 0 aliphatic heterocycles. The minimum atomic E-state index is -0.500. The Morgan fingerprint density at radius 1 is 1.39 bits per heavy atom. The molecule has 0 unspecified atom stereocenters. The van der Waals surface area contributed by atoms with Crippen molar-refractivity contribution in [1.29, 1.82) is 0 Å². The Kier molecular flexibility index (Phi) is 4.71. The molecule has 2 N–H and O–H groups in total. The third-order valence-electron chi connectivity index (χ3n) is 2.53. The lowest BCUT2D eigenvalue weighted by atomic mass is 10.1. The number of methoxy groups -OCH3 is 1. The number of hydrogen-bond acceptors (Lipinski definition) is 4. The van der Waals surface area contributed by atoms with E-state index in [4.69, 9.17) is 4.74 Å². The summed E-state index contributed by atoms with van der Waals surface area (Å²) in [7, 11) is 1.40. The van der Waals surface area contributed by atoms with E-state index in [-0.39, 0.29) is 35.3 Å². The summed E-state index contributed by atoms with van der Waals surface area (Å²) in [6.45, 7) is 3.47. The number of phenolic OH excluding ortho intramolecular Hbond substituents is 1. The molecule has 98 valence electrons. The van der Waals surface area contributed by atoms with Crippen LogP contribution in [0, 0.1) is 5.92 Å². The fourth-order valence-corrected chi connectivity index (χ4v) is 1.34. The molecular formula is C13H17NO4. The molecule has 0 aromatic heterocycles. The Hall–Kier alpha value is -2.04. The van der Waals surface area contributed by atoms with E-state index in [0.717, 1.165) is 0 Å². The Labute approximate surface area is 106 Å². The highest BCUT2D eigenvalue weighted by molar-refractivity contribution is 5.99. The highest BCUT2D eigenvalue weighted by Gasteiger charge is 2.16. The van der Waals surface area contributed by atoms with Crippen LogP contribution in [0.2, 0.25) is 0 Å². The second-order valence-corrected chi connectivity index (χ2v) is 4.16. The third kappa shape index (κ3) is 3.23. The molecule has 1 aromatic carbocycles. The molecule has 0 bridgehead atoms. The average Bonchev–Trinajstić information content (AvgIpc) is 2.35. The number of carbonyl (C=O) groups is 2. The maximum Gasteiger partial charge on any atom is 0.255 e. The van der Waals surface area contributed by atoms with Crippen LogP contribution in [-0.2, 0) is 4.79 Å². The van der Waals surface area contributed by atoms with E-state index in [2.05, 4.69) is 5.32 Å². The average molecular weight is 251 g/mol. The number of hydrogen-bond donors (Lipinski definition) is 2. The monoisotopic (exact) mass is 251 g/mol. The summed E-state index contributed by atoms with van der Waals surface area (Å²) < 4.78 is 4.90. The van der Waals surface area contributed by atoms with Gasteiger partial charge in [0, 0.05) is 5.92 Å². The molecule has 0 saturated heterocycles. The SMILES string of the molecule is COc1cccc(C(=O)NCC(=O)C(C)C)c1O. The quantitative estimate of drug-likeness (QED) is 0.828. The summed E-state index contributed by atoms with van der Waals surface area (Å²) in [5, 5.41) is 12.2. The fraction of sp³-hybridized carbons (Fsp3) is 0.385. The van der Waals surface area contributed by atoms with E-state index >= 15 is 0 Å². The van der Waals surface area contributed by atoms with Gasteiger partial charge in [-0.15, -0.1) is 0 Å². The lowest BCUT2D eigenvalue weighted by Crippen LogP contribution is -2.31. The summed E-state index contributed by atoms with van der Waals surface area (Å²) in [5.74, 6) is -0.706. The van der Waals surface area contributed by atoms with Gasteiger partial charge in [0.15, 0.2) is 17.3 Å². The van der Waals surface area contributed by atoms with Crippen LogP contribution in [0.3, 0.4) is 0 Å². The number of nitrogens with one attached hydrogen (secondary N) is 1. The molecule has 0 aliphatic rings. The fourth-order valence-electron chi connectivity index (χ4n) is 1.34. The Morgan fingerprint density at radius 3 is 2.61 bits per heavy atom. The number of benzene rings is 1. The number of ketones is 1. The van der Waals surface area contributed by atoms with Gasteiger partial charge in [0.1, 0.15) is 0 Å². The van der Waals surface area contributed by atoms with Crippen LogP contribution in [-0.4, -0.2) is 30.5 Å². The molecule has 5 nitrogen and oxygen atoms in total. The van der Waals surface area contributed by atoms with Gasteiger partial charge < -0.3 is 15.2 Å². The number of Topliss-reactive ketones (excluding diaryl/α,β-unsaturated/α-hetero) is 1. The molecule has 18 heavy (non-hydrogen) atoms. The second-order valence-electron chi connectivity index (χ2n) is 4.16. The normalized spacial score (nSPS) is 10.2.